The molecule has 136 valence electrons. The molecule has 0 radical (unpaired) electrons. The van der Waals surface area contributed by atoms with E-state index in [0.29, 0.717) is 12.2 Å². The molecule has 0 aromatic heterocycles. The van der Waals surface area contributed by atoms with Crippen LogP contribution >= 0.6 is 23.4 Å². The lowest BCUT2D eigenvalue weighted by Gasteiger charge is -2.13. The molecule has 1 heterocycles. The van der Waals surface area contributed by atoms with Gasteiger partial charge in [0.15, 0.2) is 18.1 Å². The number of halogens is 1. The second-order valence-electron chi connectivity index (χ2n) is 4.92. The zero-order valence-corrected chi connectivity index (χ0v) is 15.2. The molecule has 1 aromatic rings. The number of terminal acetylenes is 1. The van der Waals surface area contributed by atoms with Crippen LogP contribution in [0.25, 0.3) is 6.08 Å². The van der Waals surface area contributed by atoms with E-state index >= 15 is 0 Å². The highest BCUT2D eigenvalue weighted by atomic mass is 35.5. The van der Waals surface area contributed by atoms with E-state index in [-0.39, 0.29) is 28.0 Å². The Balaban J connectivity index is 2.36. The molecule has 1 fully saturated rings. The lowest BCUT2D eigenvalue weighted by Crippen LogP contribution is -2.28. The van der Waals surface area contributed by atoms with Crippen LogP contribution in [0.2, 0.25) is 5.02 Å². The minimum Gasteiger partial charge on any atom is -0.490 e. The van der Waals surface area contributed by atoms with Crippen molar-refractivity contribution in [2.75, 3.05) is 19.8 Å². The largest absolute Gasteiger partial charge is 0.490 e. The van der Waals surface area contributed by atoms with Crippen molar-refractivity contribution in [1.82, 2.24) is 4.90 Å². The normalized spacial score (nSPS) is 15.3. The van der Waals surface area contributed by atoms with Gasteiger partial charge in [0, 0.05) is 0 Å². The van der Waals surface area contributed by atoms with Crippen molar-refractivity contribution in [1.29, 1.82) is 0 Å². The summed E-state index contributed by atoms with van der Waals surface area (Å²) in [4.78, 5) is 35.9. The maximum atomic E-state index is 12.2. The number of rotatable bonds is 7. The number of carbonyl (C=O) groups excluding carboxylic acids is 2. The van der Waals surface area contributed by atoms with Crippen LogP contribution < -0.4 is 9.47 Å². The molecular formula is C17H14ClNO6S. The fraction of sp³-hybridized carbons (Fsp3) is 0.235. The van der Waals surface area contributed by atoms with Gasteiger partial charge < -0.3 is 14.6 Å². The molecule has 0 saturated carbocycles. The Morgan fingerprint density at radius 2 is 2.15 bits per heavy atom. The van der Waals surface area contributed by atoms with Crippen LogP contribution in [-0.4, -0.2) is 46.9 Å². The van der Waals surface area contributed by atoms with E-state index in [1.165, 1.54) is 12.1 Å². The number of carboxylic acid groups (broad SMARTS) is 1. The van der Waals surface area contributed by atoms with Gasteiger partial charge >= 0.3 is 5.97 Å². The highest BCUT2D eigenvalue weighted by Gasteiger charge is 2.34. The summed E-state index contributed by atoms with van der Waals surface area (Å²) in [5, 5.41) is 8.41. The topological polar surface area (TPSA) is 93.1 Å². The number of hydrogen-bond donors (Lipinski definition) is 1. The molecule has 2 rings (SSSR count). The number of benzene rings is 1. The minimum absolute atomic E-state index is 0.0912. The monoisotopic (exact) mass is 395 g/mol. The summed E-state index contributed by atoms with van der Waals surface area (Å²) in [6, 6.07) is 3.03. The minimum atomic E-state index is -1.16. The van der Waals surface area contributed by atoms with Crippen molar-refractivity contribution < 1.29 is 29.0 Å². The van der Waals surface area contributed by atoms with E-state index in [0.717, 1.165) is 16.7 Å². The van der Waals surface area contributed by atoms with E-state index < -0.39 is 23.7 Å². The Labute approximate surface area is 158 Å². The number of ether oxygens (including phenoxy) is 2. The second kappa shape index (κ2) is 8.65. The molecule has 1 aliphatic rings. The third kappa shape index (κ3) is 4.50. The maximum absolute atomic E-state index is 12.2. The number of imide groups is 1. The Bertz CT molecular complexity index is 829. The fourth-order valence-electron chi connectivity index (χ4n) is 2.09. The van der Waals surface area contributed by atoms with Gasteiger partial charge in [-0.25, -0.2) is 4.79 Å². The van der Waals surface area contributed by atoms with Gasteiger partial charge in [-0.2, -0.15) is 0 Å². The third-order valence-electron chi connectivity index (χ3n) is 3.09. The van der Waals surface area contributed by atoms with Gasteiger partial charge in [-0.3, -0.25) is 14.5 Å². The zero-order valence-electron chi connectivity index (χ0n) is 13.7. The van der Waals surface area contributed by atoms with Gasteiger partial charge in [-0.1, -0.05) is 17.5 Å². The van der Waals surface area contributed by atoms with Crippen molar-refractivity contribution >= 4 is 46.6 Å². The third-order valence-corrected chi connectivity index (χ3v) is 4.28. The summed E-state index contributed by atoms with van der Waals surface area (Å²) < 4.78 is 10.6. The summed E-state index contributed by atoms with van der Waals surface area (Å²) in [6.07, 6.45) is 6.64. The predicted octanol–water partition coefficient (Wildman–Crippen LogP) is 2.87. The second-order valence-corrected chi connectivity index (χ2v) is 6.32. The van der Waals surface area contributed by atoms with Crippen LogP contribution in [-0.2, 0) is 9.59 Å². The number of amides is 2. The molecule has 1 saturated heterocycles. The Morgan fingerprint density at radius 1 is 1.42 bits per heavy atom. The molecule has 0 atom stereocenters. The summed E-state index contributed by atoms with van der Waals surface area (Å²) in [7, 11) is 0. The zero-order chi connectivity index (χ0) is 19.3. The first kappa shape index (κ1) is 19.7. The van der Waals surface area contributed by atoms with Crippen LogP contribution in [0.1, 0.15) is 12.5 Å². The molecule has 1 N–H and O–H groups in total. The van der Waals surface area contributed by atoms with Crippen LogP contribution in [0, 0.1) is 12.3 Å². The SMILES string of the molecule is C#CCN1C(=O)S/C(=C\c2cc(Cl)c(OCC(=O)O)c(OCC)c2)C1=O. The van der Waals surface area contributed by atoms with E-state index in [4.69, 9.17) is 32.6 Å². The van der Waals surface area contributed by atoms with E-state index in [9.17, 15) is 14.4 Å². The molecule has 0 aliphatic carbocycles. The molecule has 1 aliphatic heterocycles. The molecule has 1 aromatic carbocycles. The average Bonchev–Trinajstić information content (AvgIpc) is 2.82. The lowest BCUT2D eigenvalue weighted by molar-refractivity contribution is -0.139. The molecule has 26 heavy (non-hydrogen) atoms. The number of aliphatic carboxylic acids is 1. The van der Waals surface area contributed by atoms with Crippen molar-refractivity contribution in [3.63, 3.8) is 0 Å². The first-order valence-corrected chi connectivity index (χ1v) is 8.56. The van der Waals surface area contributed by atoms with Gasteiger partial charge in [-0.15, -0.1) is 6.42 Å². The Hall–Kier alpha value is -2.63. The van der Waals surface area contributed by atoms with Gasteiger partial charge in [0.2, 0.25) is 0 Å². The molecule has 0 spiro atoms. The molecule has 2 amide bonds. The number of nitrogens with zero attached hydrogens (tertiary/aromatic N) is 1. The van der Waals surface area contributed by atoms with Gasteiger partial charge in [-0.05, 0) is 42.5 Å². The smallest absolute Gasteiger partial charge is 0.341 e. The van der Waals surface area contributed by atoms with E-state index in [1.54, 1.807) is 13.0 Å². The van der Waals surface area contributed by atoms with Crippen LogP contribution in [0.3, 0.4) is 0 Å². The average molecular weight is 396 g/mol. The van der Waals surface area contributed by atoms with Crippen LogP contribution in [0.5, 0.6) is 11.5 Å². The quantitative estimate of drug-likeness (QED) is 0.560. The van der Waals surface area contributed by atoms with Gasteiger partial charge in [0.05, 0.1) is 23.1 Å². The highest BCUT2D eigenvalue weighted by Crippen LogP contribution is 2.39. The standard InChI is InChI=1S/C17H14ClNO6S/c1-3-5-19-16(22)13(26-17(19)23)8-10-6-11(18)15(25-9-14(20)21)12(7-10)24-4-2/h1,6-8H,4-5,9H2,2H3,(H,20,21)/b13-8-. The van der Waals surface area contributed by atoms with Gasteiger partial charge in [0.1, 0.15) is 0 Å². The van der Waals surface area contributed by atoms with Crippen molar-refractivity contribution in [3.05, 3.63) is 27.6 Å². The summed E-state index contributed by atoms with van der Waals surface area (Å²) >= 11 is 6.93. The van der Waals surface area contributed by atoms with E-state index in [2.05, 4.69) is 5.92 Å². The molecule has 0 unspecified atom stereocenters. The highest BCUT2D eigenvalue weighted by molar-refractivity contribution is 8.18. The van der Waals surface area contributed by atoms with Crippen molar-refractivity contribution in [2.24, 2.45) is 0 Å². The molecule has 0 bridgehead atoms. The summed E-state index contributed by atoms with van der Waals surface area (Å²) in [6.45, 7) is 1.35. The predicted molar refractivity (Wildman–Crippen MR) is 97.3 cm³/mol. The van der Waals surface area contributed by atoms with Crippen molar-refractivity contribution in [3.8, 4) is 23.8 Å². The molecule has 7 nitrogen and oxygen atoms in total. The number of thioether (sulfide) groups is 1. The number of hydrogen-bond acceptors (Lipinski definition) is 6. The lowest BCUT2D eigenvalue weighted by atomic mass is 10.1. The first-order chi connectivity index (χ1) is 12.4. The molecular weight excluding hydrogens is 382 g/mol. The van der Waals surface area contributed by atoms with Gasteiger partial charge in [0.25, 0.3) is 11.1 Å². The number of carbonyl (C=O) groups is 3. The number of carboxylic acids is 1. The van der Waals surface area contributed by atoms with E-state index in [1.807, 2.05) is 0 Å². The van der Waals surface area contributed by atoms with Crippen molar-refractivity contribution in [2.45, 2.75) is 6.92 Å². The first-order valence-electron chi connectivity index (χ1n) is 7.37. The van der Waals surface area contributed by atoms with Crippen LogP contribution in [0.4, 0.5) is 4.79 Å². The maximum Gasteiger partial charge on any atom is 0.341 e. The Morgan fingerprint density at radius 3 is 2.77 bits per heavy atom. The summed E-state index contributed by atoms with van der Waals surface area (Å²) in [5.41, 5.74) is 0.493. The Kier molecular flexibility index (Phi) is 6.55. The molecule has 9 heteroatoms. The van der Waals surface area contributed by atoms with Crippen LogP contribution in [0.15, 0.2) is 17.0 Å². The summed E-state index contributed by atoms with van der Waals surface area (Å²) in [5.74, 6) is 0.936. The fourth-order valence-corrected chi connectivity index (χ4v) is 3.20.